The Morgan fingerprint density at radius 1 is 1.50 bits per heavy atom. The highest BCUT2D eigenvalue weighted by Gasteiger charge is 2.27. The van der Waals surface area contributed by atoms with E-state index in [9.17, 15) is 9.90 Å². The normalized spacial score (nSPS) is 21.7. The van der Waals surface area contributed by atoms with E-state index in [2.05, 4.69) is 16.9 Å². The SMILES string of the molecule is CC1CN(C)CCCN1C(=O)c1ncccc1O. The molecule has 0 aromatic carbocycles. The van der Waals surface area contributed by atoms with Crippen LogP contribution in [-0.4, -0.2) is 58.5 Å². The highest BCUT2D eigenvalue weighted by atomic mass is 16.3. The third-order valence-electron chi connectivity index (χ3n) is 3.30. The molecule has 5 nitrogen and oxygen atoms in total. The van der Waals surface area contributed by atoms with Gasteiger partial charge in [-0.25, -0.2) is 4.98 Å². The van der Waals surface area contributed by atoms with Crippen LogP contribution < -0.4 is 0 Å². The maximum absolute atomic E-state index is 12.4. The van der Waals surface area contributed by atoms with Gasteiger partial charge in [-0.3, -0.25) is 4.79 Å². The van der Waals surface area contributed by atoms with Crippen LogP contribution in [0.2, 0.25) is 0 Å². The third-order valence-corrected chi connectivity index (χ3v) is 3.30. The lowest BCUT2D eigenvalue weighted by atomic mass is 10.2. The summed E-state index contributed by atoms with van der Waals surface area (Å²) in [5.74, 6) is -0.233. The Morgan fingerprint density at radius 2 is 2.28 bits per heavy atom. The smallest absolute Gasteiger partial charge is 0.276 e. The second-order valence-electron chi connectivity index (χ2n) is 4.83. The molecular weight excluding hydrogens is 230 g/mol. The monoisotopic (exact) mass is 249 g/mol. The van der Waals surface area contributed by atoms with Crippen molar-refractivity contribution in [3.8, 4) is 5.75 Å². The summed E-state index contributed by atoms with van der Waals surface area (Å²) in [6, 6.07) is 3.24. The maximum atomic E-state index is 12.4. The summed E-state index contributed by atoms with van der Waals surface area (Å²) in [6.07, 6.45) is 2.47. The van der Waals surface area contributed by atoms with E-state index in [1.54, 1.807) is 11.0 Å². The first kappa shape index (κ1) is 12.8. The molecule has 5 heteroatoms. The van der Waals surface area contributed by atoms with Crippen LogP contribution in [0.15, 0.2) is 18.3 Å². The summed E-state index contributed by atoms with van der Waals surface area (Å²) in [6.45, 7) is 4.57. The van der Waals surface area contributed by atoms with Gasteiger partial charge in [0.25, 0.3) is 5.91 Å². The van der Waals surface area contributed by atoms with Gasteiger partial charge in [0, 0.05) is 25.3 Å². The Kier molecular flexibility index (Phi) is 3.81. The number of hydrogen-bond donors (Lipinski definition) is 1. The molecule has 98 valence electrons. The zero-order valence-electron chi connectivity index (χ0n) is 10.8. The molecule has 1 aliphatic rings. The summed E-state index contributed by atoms with van der Waals surface area (Å²) in [4.78, 5) is 20.4. The number of aromatic hydroxyl groups is 1. The second-order valence-corrected chi connectivity index (χ2v) is 4.83. The molecule has 0 bridgehead atoms. The number of amides is 1. The zero-order valence-corrected chi connectivity index (χ0v) is 10.8. The fourth-order valence-corrected chi connectivity index (χ4v) is 2.37. The van der Waals surface area contributed by atoms with Crippen LogP contribution in [0.1, 0.15) is 23.8 Å². The van der Waals surface area contributed by atoms with Gasteiger partial charge in [0.15, 0.2) is 5.69 Å². The highest BCUT2D eigenvalue weighted by molar-refractivity contribution is 5.95. The quantitative estimate of drug-likeness (QED) is 0.805. The predicted octanol–water partition coefficient (Wildman–Crippen LogP) is 0.953. The van der Waals surface area contributed by atoms with E-state index in [4.69, 9.17) is 0 Å². The summed E-state index contributed by atoms with van der Waals surface area (Å²) in [7, 11) is 2.06. The average molecular weight is 249 g/mol. The van der Waals surface area contributed by atoms with Gasteiger partial charge in [0.2, 0.25) is 0 Å². The van der Waals surface area contributed by atoms with Gasteiger partial charge < -0.3 is 14.9 Å². The Hall–Kier alpha value is -1.62. The van der Waals surface area contributed by atoms with Gasteiger partial charge in [0.1, 0.15) is 5.75 Å². The van der Waals surface area contributed by atoms with E-state index < -0.39 is 0 Å². The topological polar surface area (TPSA) is 56.7 Å². The van der Waals surface area contributed by atoms with Crippen molar-refractivity contribution < 1.29 is 9.90 Å². The lowest BCUT2D eigenvalue weighted by Crippen LogP contribution is -2.42. The number of nitrogens with zero attached hydrogens (tertiary/aromatic N) is 3. The van der Waals surface area contributed by atoms with Crippen LogP contribution in [-0.2, 0) is 0 Å². The van der Waals surface area contributed by atoms with Crippen molar-refractivity contribution in [2.75, 3.05) is 26.7 Å². The van der Waals surface area contributed by atoms with E-state index in [1.165, 1.54) is 12.3 Å². The van der Waals surface area contributed by atoms with Gasteiger partial charge in [-0.15, -0.1) is 0 Å². The molecule has 1 atom stereocenters. The minimum atomic E-state index is -0.184. The molecule has 1 amide bonds. The summed E-state index contributed by atoms with van der Waals surface area (Å²) in [5.41, 5.74) is 0.147. The number of pyridine rings is 1. The van der Waals surface area contributed by atoms with Crippen LogP contribution >= 0.6 is 0 Å². The van der Waals surface area contributed by atoms with Crippen LogP contribution in [0.25, 0.3) is 0 Å². The molecule has 0 aliphatic carbocycles. The number of carbonyl (C=O) groups excluding carboxylic acids is 1. The van der Waals surface area contributed by atoms with Crippen molar-refractivity contribution in [2.45, 2.75) is 19.4 Å². The van der Waals surface area contributed by atoms with Crippen molar-refractivity contribution in [2.24, 2.45) is 0 Å². The van der Waals surface area contributed by atoms with E-state index in [1.807, 2.05) is 6.92 Å². The number of hydrogen-bond acceptors (Lipinski definition) is 4. The van der Waals surface area contributed by atoms with Crippen LogP contribution in [0.5, 0.6) is 5.75 Å². The molecule has 0 radical (unpaired) electrons. The van der Waals surface area contributed by atoms with E-state index in [-0.39, 0.29) is 23.4 Å². The molecule has 2 heterocycles. The van der Waals surface area contributed by atoms with Crippen LogP contribution in [0.4, 0.5) is 0 Å². The van der Waals surface area contributed by atoms with Crippen molar-refractivity contribution in [3.05, 3.63) is 24.0 Å². The molecule has 1 N–H and O–H groups in total. The van der Waals surface area contributed by atoms with Gasteiger partial charge in [-0.2, -0.15) is 0 Å². The Labute approximate surface area is 107 Å². The highest BCUT2D eigenvalue weighted by Crippen LogP contribution is 2.18. The molecule has 1 aromatic rings. The largest absolute Gasteiger partial charge is 0.505 e. The number of carbonyl (C=O) groups is 1. The molecule has 1 aromatic heterocycles. The Morgan fingerprint density at radius 3 is 3.00 bits per heavy atom. The lowest BCUT2D eigenvalue weighted by molar-refractivity contribution is 0.0687. The van der Waals surface area contributed by atoms with Crippen LogP contribution in [0, 0.1) is 0 Å². The third kappa shape index (κ3) is 2.61. The minimum Gasteiger partial charge on any atom is -0.505 e. The molecule has 0 saturated carbocycles. The van der Waals surface area contributed by atoms with Crippen molar-refractivity contribution in [1.82, 2.24) is 14.8 Å². The molecular formula is C13H19N3O2. The molecule has 1 saturated heterocycles. The first-order chi connectivity index (χ1) is 8.59. The van der Waals surface area contributed by atoms with Gasteiger partial charge in [-0.1, -0.05) is 0 Å². The van der Waals surface area contributed by atoms with Gasteiger partial charge in [0.05, 0.1) is 0 Å². The first-order valence-corrected chi connectivity index (χ1v) is 6.23. The minimum absolute atomic E-state index is 0.0488. The number of rotatable bonds is 1. The summed E-state index contributed by atoms with van der Waals surface area (Å²) >= 11 is 0. The predicted molar refractivity (Wildman–Crippen MR) is 68.5 cm³/mol. The van der Waals surface area contributed by atoms with Gasteiger partial charge in [-0.05, 0) is 39.1 Å². The van der Waals surface area contributed by atoms with E-state index in [0.717, 1.165) is 19.5 Å². The zero-order chi connectivity index (χ0) is 13.1. The van der Waals surface area contributed by atoms with Crippen molar-refractivity contribution in [1.29, 1.82) is 0 Å². The standard InChI is InChI=1S/C13H19N3O2/c1-10-9-15(2)7-4-8-16(10)13(18)12-11(17)5-3-6-14-12/h3,5-6,10,17H,4,7-9H2,1-2H3. The van der Waals surface area contributed by atoms with Crippen molar-refractivity contribution >= 4 is 5.91 Å². The number of likely N-dealkylation sites (N-methyl/N-ethyl adjacent to an activating group) is 1. The van der Waals surface area contributed by atoms with Crippen LogP contribution in [0.3, 0.4) is 0 Å². The molecule has 1 aliphatic heterocycles. The maximum Gasteiger partial charge on any atom is 0.276 e. The average Bonchev–Trinajstić information content (AvgIpc) is 2.50. The summed E-state index contributed by atoms with van der Waals surface area (Å²) < 4.78 is 0. The van der Waals surface area contributed by atoms with E-state index in [0.29, 0.717) is 6.54 Å². The Balaban J connectivity index is 2.20. The molecule has 1 fully saturated rings. The fraction of sp³-hybridized carbons (Fsp3) is 0.538. The Bertz CT molecular complexity index is 436. The molecule has 0 spiro atoms. The van der Waals surface area contributed by atoms with Crippen molar-refractivity contribution in [3.63, 3.8) is 0 Å². The second kappa shape index (κ2) is 5.35. The fourth-order valence-electron chi connectivity index (χ4n) is 2.37. The van der Waals surface area contributed by atoms with Gasteiger partial charge >= 0.3 is 0 Å². The molecule has 1 unspecified atom stereocenters. The lowest BCUT2D eigenvalue weighted by Gasteiger charge is -2.27. The first-order valence-electron chi connectivity index (χ1n) is 6.23. The summed E-state index contributed by atoms with van der Waals surface area (Å²) in [5, 5.41) is 9.70. The molecule has 18 heavy (non-hydrogen) atoms. The van der Waals surface area contributed by atoms with E-state index >= 15 is 0 Å². The molecule has 2 rings (SSSR count). The number of aromatic nitrogens is 1.